The minimum absolute atomic E-state index is 0.282. The Morgan fingerprint density at radius 2 is 2.00 bits per heavy atom. The Balaban J connectivity index is 2.04. The van der Waals surface area contributed by atoms with Crippen LogP contribution in [0.15, 0.2) is 30.3 Å². The van der Waals surface area contributed by atoms with E-state index < -0.39 is 12.0 Å². The van der Waals surface area contributed by atoms with Crippen LogP contribution in [0.1, 0.15) is 46.7 Å². The molecule has 0 saturated heterocycles. The van der Waals surface area contributed by atoms with E-state index in [4.69, 9.17) is 11.6 Å². The number of carboxylic acids is 1. The third-order valence-electron chi connectivity index (χ3n) is 4.51. The summed E-state index contributed by atoms with van der Waals surface area (Å²) >= 11 is 6.23. The summed E-state index contributed by atoms with van der Waals surface area (Å²) in [6, 6.07) is 7.82. The molecule has 1 amide bonds. The number of aromatic nitrogens is 3. The van der Waals surface area contributed by atoms with Gasteiger partial charge in [-0.2, -0.15) is 5.10 Å². The van der Waals surface area contributed by atoms with Crippen LogP contribution in [0.5, 0.6) is 0 Å². The van der Waals surface area contributed by atoms with Gasteiger partial charge in [0.25, 0.3) is 5.91 Å². The SMILES string of the molecule is CCn1nc(C)c2c(C(=O)NC(CC(=O)O)c3ccccc3Cl)cc(C)nc21. The van der Waals surface area contributed by atoms with Gasteiger partial charge in [-0.15, -0.1) is 0 Å². The molecular weight excluding hydrogens is 380 g/mol. The highest BCUT2D eigenvalue weighted by molar-refractivity contribution is 6.31. The van der Waals surface area contributed by atoms with Crippen LogP contribution in [0.4, 0.5) is 0 Å². The topological polar surface area (TPSA) is 97.1 Å². The molecule has 0 aliphatic carbocycles. The molecule has 3 aromatic rings. The monoisotopic (exact) mass is 400 g/mol. The molecule has 7 nitrogen and oxygen atoms in total. The number of nitrogens with one attached hydrogen (secondary N) is 1. The third kappa shape index (κ3) is 3.84. The molecule has 146 valence electrons. The first kappa shape index (κ1) is 19.8. The zero-order valence-electron chi connectivity index (χ0n) is 15.9. The van der Waals surface area contributed by atoms with Gasteiger partial charge in [0, 0.05) is 17.3 Å². The second kappa shape index (κ2) is 7.98. The molecule has 2 aromatic heterocycles. The van der Waals surface area contributed by atoms with Gasteiger partial charge < -0.3 is 10.4 Å². The Morgan fingerprint density at radius 1 is 1.29 bits per heavy atom. The van der Waals surface area contributed by atoms with Crippen molar-refractivity contribution < 1.29 is 14.7 Å². The predicted octanol–water partition coefficient (Wildman–Crippen LogP) is 3.67. The number of hydrogen-bond donors (Lipinski definition) is 2. The van der Waals surface area contributed by atoms with Crippen molar-refractivity contribution in [3.8, 4) is 0 Å². The normalized spacial score (nSPS) is 12.1. The standard InChI is InChI=1S/C20H21ClN4O3/c1-4-25-19-18(12(3)24-25)14(9-11(2)22-19)20(28)23-16(10-17(26)27)13-7-5-6-8-15(13)21/h5-9,16H,4,10H2,1-3H3,(H,23,28)(H,26,27). The van der Waals surface area contributed by atoms with Crippen LogP contribution in [0, 0.1) is 13.8 Å². The maximum atomic E-state index is 13.1. The average molecular weight is 401 g/mol. The lowest BCUT2D eigenvalue weighted by Gasteiger charge is -2.19. The minimum Gasteiger partial charge on any atom is -0.481 e. The van der Waals surface area contributed by atoms with Gasteiger partial charge in [0.1, 0.15) is 0 Å². The fourth-order valence-electron chi connectivity index (χ4n) is 3.29. The molecule has 2 N–H and O–H groups in total. The van der Waals surface area contributed by atoms with Gasteiger partial charge in [-0.1, -0.05) is 29.8 Å². The van der Waals surface area contributed by atoms with Crippen molar-refractivity contribution in [1.82, 2.24) is 20.1 Å². The van der Waals surface area contributed by atoms with Crippen molar-refractivity contribution in [2.45, 2.75) is 39.8 Å². The first-order chi connectivity index (χ1) is 13.3. The largest absolute Gasteiger partial charge is 0.481 e. The van der Waals surface area contributed by atoms with Gasteiger partial charge in [-0.25, -0.2) is 9.67 Å². The van der Waals surface area contributed by atoms with Crippen molar-refractivity contribution in [2.75, 3.05) is 0 Å². The second-order valence-corrected chi connectivity index (χ2v) is 6.96. The number of carbonyl (C=O) groups is 2. The van der Waals surface area contributed by atoms with Crippen LogP contribution in [-0.2, 0) is 11.3 Å². The van der Waals surface area contributed by atoms with Crippen molar-refractivity contribution in [2.24, 2.45) is 0 Å². The van der Waals surface area contributed by atoms with E-state index in [9.17, 15) is 14.7 Å². The van der Waals surface area contributed by atoms with Crippen molar-refractivity contribution in [3.63, 3.8) is 0 Å². The maximum Gasteiger partial charge on any atom is 0.305 e. The van der Waals surface area contributed by atoms with E-state index in [-0.39, 0.29) is 12.3 Å². The highest BCUT2D eigenvalue weighted by Gasteiger charge is 2.24. The van der Waals surface area contributed by atoms with Gasteiger partial charge in [0.05, 0.1) is 29.1 Å². The van der Waals surface area contributed by atoms with E-state index in [1.54, 1.807) is 41.9 Å². The van der Waals surface area contributed by atoms with Gasteiger partial charge in [-0.3, -0.25) is 9.59 Å². The van der Waals surface area contributed by atoms with Gasteiger partial charge >= 0.3 is 5.97 Å². The lowest BCUT2D eigenvalue weighted by molar-refractivity contribution is -0.137. The molecule has 28 heavy (non-hydrogen) atoms. The van der Waals surface area contributed by atoms with E-state index in [1.807, 2.05) is 13.8 Å². The number of halogens is 1. The highest BCUT2D eigenvalue weighted by atomic mass is 35.5. The Labute approximate surface area is 167 Å². The summed E-state index contributed by atoms with van der Waals surface area (Å²) in [5, 5.41) is 17.6. The summed E-state index contributed by atoms with van der Waals surface area (Å²) in [5.74, 6) is -1.42. The number of pyridine rings is 1. The Morgan fingerprint density at radius 3 is 2.64 bits per heavy atom. The number of aryl methyl sites for hydroxylation is 3. The number of aliphatic carboxylic acids is 1. The zero-order chi connectivity index (χ0) is 20.4. The van der Waals surface area contributed by atoms with E-state index in [0.29, 0.717) is 45.1 Å². The zero-order valence-corrected chi connectivity index (χ0v) is 16.6. The fourth-order valence-corrected chi connectivity index (χ4v) is 3.55. The molecule has 2 heterocycles. The molecule has 8 heteroatoms. The van der Waals surface area contributed by atoms with Gasteiger partial charge in [0.15, 0.2) is 5.65 Å². The third-order valence-corrected chi connectivity index (χ3v) is 4.86. The predicted molar refractivity (Wildman–Crippen MR) is 107 cm³/mol. The van der Waals surface area contributed by atoms with E-state index in [1.165, 1.54) is 0 Å². The number of hydrogen-bond acceptors (Lipinski definition) is 4. The van der Waals surface area contributed by atoms with Crippen molar-refractivity contribution in [1.29, 1.82) is 0 Å². The molecule has 0 radical (unpaired) electrons. The molecule has 1 aromatic carbocycles. The summed E-state index contributed by atoms with van der Waals surface area (Å²) < 4.78 is 1.75. The Hall–Kier alpha value is -2.93. The Kier molecular flexibility index (Phi) is 5.65. The summed E-state index contributed by atoms with van der Waals surface area (Å²) in [4.78, 5) is 29.0. The molecule has 0 aliphatic rings. The number of carboxylic acid groups (broad SMARTS) is 1. The van der Waals surface area contributed by atoms with E-state index in [2.05, 4.69) is 15.4 Å². The lowest BCUT2D eigenvalue weighted by atomic mass is 10.0. The summed E-state index contributed by atoms with van der Waals surface area (Å²) in [7, 11) is 0. The van der Waals surface area contributed by atoms with Crippen molar-refractivity contribution in [3.05, 3.63) is 57.9 Å². The molecule has 1 unspecified atom stereocenters. The van der Waals surface area contributed by atoms with Crippen LogP contribution < -0.4 is 5.32 Å². The van der Waals surface area contributed by atoms with Gasteiger partial charge in [-0.05, 0) is 38.5 Å². The molecule has 0 bridgehead atoms. The average Bonchev–Trinajstić information content (AvgIpc) is 2.96. The number of nitrogens with zero attached hydrogens (tertiary/aromatic N) is 3. The number of fused-ring (bicyclic) bond motifs is 1. The van der Waals surface area contributed by atoms with Crippen LogP contribution in [0.2, 0.25) is 5.02 Å². The fraction of sp³-hybridized carbons (Fsp3) is 0.300. The molecular formula is C20H21ClN4O3. The minimum atomic E-state index is -1.03. The van der Waals surface area contributed by atoms with Crippen LogP contribution in [0.3, 0.4) is 0 Å². The molecule has 0 aliphatic heterocycles. The molecule has 0 spiro atoms. The number of rotatable bonds is 6. The first-order valence-electron chi connectivity index (χ1n) is 8.93. The smallest absolute Gasteiger partial charge is 0.305 e. The summed E-state index contributed by atoms with van der Waals surface area (Å²) in [5.41, 5.74) is 2.99. The van der Waals surface area contributed by atoms with Crippen molar-refractivity contribution >= 4 is 34.5 Å². The quantitative estimate of drug-likeness (QED) is 0.658. The molecule has 0 saturated carbocycles. The van der Waals surface area contributed by atoms with E-state index >= 15 is 0 Å². The summed E-state index contributed by atoms with van der Waals surface area (Å²) in [6.45, 7) is 6.21. The van der Waals surface area contributed by atoms with Gasteiger partial charge in [0.2, 0.25) is 0 Å². The van der Waals surface area contributed by atoms with Crippen LogP contribution in [0.25, 0.3) is 11.0 Å². The molecule has 3 rings (SSSR count). The lowest BCUT2D eigenvalue weighted by Crippen LogP contribution is -2.30. The highest BCUT2D eigenvalue weighted by Crippen LogP contribution is 2.27. The Bertz CT molecular complexity index is 1060. The first-order valence-corrected chi connectivity index (χ1v) is 9.31. The van der Waals surface area contributed by atoms with Crippen LogP contribution in [-0.4, -0.2) is 31.7 Å². The second-order valence-electron chi connectivity index (χ2n) is 6.56. The number of carbonyl (C=O) groups excluding carboxylic acids is 1. The number of amides is 1. The molecule has 0 fully saturated rings. The maximum absolute atomic E-state index is 13.1. The number of benzene rings is 1. The van der Waals surface area contributed by atoms with Crippen LogP contribution >= 0.6 is 11.6 Å². The summed E-state index contributed by atoms with van der Waals surface area (Å²) in [6.07, 6.45) is -0.282. The molecule has 1 atom stereocenters. The van der Waals surface area contributed by atoms with E-state index in [0.717, 1.165) is 0 Å².